The second-order valence-electron chi connectivity index (χ2n) is 7.04. The Labute approximate surface area is 194 Å². The van der Waals surface area contributed by atoms with Gasteiger partial charge in [0.2, 0.25) is 0 Å². The van der Waals surface area contributed by atoms with Crippen molar-refractivity contribution < 1.29 is 9.59 Å². The van der Waals surface area contributed by atoms with E-state index in [1.165, 1.54) is 0 Å². The van der Waals surface area contributed by atoms with Gasteiger partial charge in [-0.1, -0.05) is 41.0 Å². The van der Waals surface area contributed by atoms with Crippen molar-refractivity contribution in [3.8, 4) is 5.69 Å². The summed E-state index contributed by atoms with van der Waals surface area (Å²) in [5.41, 5.74) is 1.92. The lowest BCUT2D eigenvalue weighted by Gasteiger charge is -2.35. The maximum absolute atomic E-state index is 13.1. The quantitative estimate of drug-likeness (QED) is 0.522. The number of benzene rings is 2. The van der Waals surface area contributed by atoms with E-state index in [1.807, 2.05) is 41.3 Å². The number of imidazole rings is 1. The highest BCUT2D eigenvalue weighted by atomic mass is 35.5. The average Bonchev–Trinajstić information content (AvgIpc) is 3.27. The van der Waals surface area contributed by atoms with E-state index >= 15 is 0 Å². The molecule has 0 atom stereocenters. The summed E-state index contributed by atoms with van der Waals surface area (Å²) in [6, 6.07) is 12.3. The summed E-state index contributed by atoms with van der Waals surface area (Å²) in [7, 11) is 0. The summed E-state index contributed by atoms with van der Waals surface area (Å²) in [5.74, 6) is -0.204. The van der Waals surface area contributed by atoms with Crippen LogP contribution in [0.3, 0.4) is 0 Å². The lowest BCUT2D eigenvalue weighted by atomic mass is 10.1. The van der Waals surface area contributed by atoms with Crippen molar-refractivity contribution in [3.63, 3.8) is 0 Å². The normalized spacial score (nSPS) is 14.0. The van der Waals surface area contributed by atoms with Crippen LogP contribution < -0.4 is 0 Å². The van der Waals surface area contributed by atoms with Crippen molar-refractivity contribution in [3.05, 3.63) is 76.0 Å². The molecule has 0 spiro atoms. The van der Waals surface area contributed by atoms with E-state index in [1.54, 1.807) is 46.0 Å². The molecular formula is C22H20Cl2N4O2S. The number of piperazine rings is 1. The van der Waals surface area contributed by atoms with Crippen LogP contribution in [0.5, 0.6) is 0 Å². The van der Waals surface area contributed by atoms with Crippen LogP contribution in [0, 0.1) is 0 Å². The van der Waals surface area contributed by atoms with Gasteiger partial charge in [-0.15, -0.1) is 0 Å². The zero-order valence-electron chi connectivity index (χ0n) is 16.8. The van der Waals surface area contributed by atoms with Gasteiger partial charge < -0.3 is 9.80 Å². The molecule has 6 nitrogen and oxygen atoms in total. The summed E-state index contributed by atoms with van der Waals surface area (Å²) in [4.78, 5) is 33.7. The minimum absolute atomic E-state index is 0.0516. The standard InChI is InChI=1S/C22H20Cl2N4O2S/c1-31-22-25-7-8-28(22)17-4-2-3-15(13-17)20(29)26-9-11-27(12-10-26)21(30)18-6-5-16(23)14-19(18)24/h2-8,13-14H,9-12H2,1H3. The number of carbonyl (C=O) groups excluding carboxylic acids is 2. The van der Waals surface area contributed by atoms with E-state index < -0.39 is 0 Å². The first-order valence-corrected chi connectivity index (χ1v) is 11.7. The first-order chi connectivity index (χ1) is 15.0. The summed E-state index contributed by atoms with van der Waals surface area (Å²) in [6.07, 6.45) is 5.58. The number of carbonyl (C=O) groups is 2. The van der Waals surface area contributed by atoms with Crippen LogP contribution in [-0.4, -0.2) is 63.6 Å². The van der Waals surface area contributed by atoms with Gasteiger partial charge in [0.1, 0.15) is 0 Å². The number of rotatable bonds is 4. The van der Waals surface area contributed by atoms with Gasteiger partial charge in [-0.25, -0.2) is 4.98 Å². The number of thioether (sulfide) groups is 1. The van der Waals surface area contributed by atoms with Crippen LogP contribution in [0.2, 0.25) is 10.0 Å². The molecule has 3 aromatic rings. The highest BCUT2D eigenvalue weighted by molar-refractivity contribution is 7.98. The summed E-state index contributed by atoms with van der Waals surface area (Å²) >= 11 is 13.6. The molecule has 1 fully saturated rings. The fourth-order valence-electron chi connectivity index (χ4n) is 3.55. The molecule has 2 heterocycles. The number of hydrogen-bond acceptors (Lipinski definition) is 4. The van der Waals surface area contributed by atoms with Crippen LogP contribution in [0.15, 0.2) is 60.0 Å². The Hall–Kier alpha value is -2.48. The predicted molar refractivity (Wildman–Crippen MR) is 124 cm³/mol. The van der Waals surface area contributed by atoms with Crippen molar-refractivity contribution in [2.75, 3.05) is 32.4 Å². The minimum atomic E-state index is -0.152. The minimum Gasteiger partial charge on any atom is -0.335 e. The third-order valence-electron chi connectivity index (χ3n) is 5.18. The van der Waals surface area contributed by atoms with E-state index in [0.29, 0.717) is 47.4 Å². The molecule has 31 heavy (non-hydrogen) atoms. The first-order valence-electron chi connectivity index (χ1n) is 9.69. The van der Waals surface area contributed by atoms with Gasteiger partial charge in [0.05, 0.1) is 10.6 Å². The van der Waals surface area contributed by atoms with Gasteiger partial charge in [-0.2, -0.15) is 0 Å². The average molecular weight is 475 g/mol. The zero-order chi connectivity index (χ0) is 22.0. The van der Waals surface area contributed by atoms with Crippen molar-refractivity contribution in [1.82, 2.24) is 19.4 Å². The number of nitrogens with zero attached hydrogens (tertiary/aromatic N) is 4. The Kier molecular flexibility index (Phi) is 6.55. The molecule has 1 saturated heterocycles. The summed E-state index contributed by atoms with van der Waals surface area (Å²) in [5, 5.41) is 1.68. The molecule has 2 amide bonds. The van der Waals surface area contributed by atoms with Crippen molar-refractivity contribution in [2.24, 2.45) is 0 Å². The largest absolute Gasteiger partial charge is 0.335 e. The molecule has 0 bridgehead atoms. The van der Waals surface area contributed by atoms with E-state index in [2.05, 4.69) is 4.98 Å². The molecule has 0 N–H and O–H groups in total. The molecule has 2 aromatic carbocycles. The van der Waals surface area contributed by atoms with Gasteiger partial charge in [0, 0.05) is 54.8 Å². The molecule has 160 valence electrons. The monoisotopic (exact) mass is 474 g/mol. The van der Waals surface area contributed by atoms with E-state index in [4.69, 9.17) is 23.2 Å². The Morgan fingerprint density at radius 2 is 1.68 bits per heavy atom. The molecule has 0 unspecified atom stereocenters. The van der Waals surface area contributed by atoms with Crippen LogP contribution in [-0.2, 0) is 0 Å². The number of aromatic nitrogens is 2. The molecule has 9 heteroatoms. The molecule has 0 saturated carbocycles. The third kappa shape index (κ3) is 4.59. The lowest BCUT2D eigenvalue weighted by molar-refractivity contribution is 0.0535. The maximum Gasteiger partial charge on any atom is 0.255 e. The number of amides is 2. The molecule has 1 aliphatic rings. The fourth-order valence-corrected chi connectivity index (χ4v) is 4.57. The van der Waals surface area contributed by atoms with Crippen LogP contribution in [0.4, 0.5) is 0 Å². The van der Waals surface area contributed by atoms with Gasteiger partial charge in [0.25, 0.3) is 11.8 Å². The fraction of sp³-hybridized carbons (Fsp3) is 0.227. The lowest BCUT2D eigenvalue weighted by Crippen LogP contribution is -2.50. The Bertz CT molecular complexity index is 1130. The molecular weight excluding hydrogens is 455 g/mol. The highest BCUT2D eigenvalue weighted by Crippen LogP contribution is 2.23. The molecule has 1 aromatic heterocycles. The molecule has 0 radical (unpaired) electrons. The van der Waals surface area contributed by atoms with Crippen molar-refractivity contribution in [2.45, 2.75) is 5.16 Å². The van der Waals surface area contributed by atoms with E-state index in [9.17, 15) is 9.59 Å². The summed E-state index contributed by atoms with van der Waals surface area (Å²) in [6.45, 7) is 1.81. The smallest absolute Gasteiger partial charge is 0.255 e. The second-order valence-corrected chi connectivity index (χ2v) is 8.66. The van der Waals surface area contributed by atoms with E-state index in [0.717, 1.165) is 10.8 Å². The van der Waals surface area contributed by atoms with Gasteiger partial charge in [0.15, 0.2) is 5.16 Å². The van der Waals surface area contributed by atoms with Gasteiger partial charge >= 0.3 is 0 Å². The van der Waals surface area contributed by atoms with Crippen LogP contribution in [0.1, 0.15) is 20.7 Å². The maximum atomic E-state index is 13.1. The topological polar surface area (TPSA) is 58.4 Å². The Morgan fingerprint density at radius 1 is 0.968 bits per heavy atom. The highest BCUT2D eigenvalue weighted by Gasteiger charge is 2.26. The zero-order valence-corrected chi connectivity index (χ0v) is 19.1. The van der Waals surface area contributed by atoms with Crippen LogP contribution >= 0.6 is 35.0 Å². The van der Waals surface area contributed by atoms with Gasteiger partial charge in [-0.3, -0.25) is 14.2 Å². The predicted octanol–water partition coefficient (Wildman–Crippen LogP) is 4.50. The number of halogens is 2. The summed E-state index contributed by atoms with van der Waals surface area (Å²) < 4.78 is 1.95. The molecule has 4 rings (SSSR count). The SMILES string of the molecule is CSc1nccn1-c1cccc(C(=O)N2CCN(C(=O)c3ccc(Cl)cc3Cl)CC2)c1. The molecule has 1 aliphatic heterocycles. The Balaban J connectivity index is 1.44. The molecule has 0 aliphatic carbocycles. The Morgan fingerprint density at radius 3 is 2.35 bits per heavy atom. The third-order valence-corrected chi connectivity index (χ3v) is 6.39. The number of hydrogen-bond donors (Lipinski definition) is 0. The van der Waals surface area contributed by atoms with Crippen molar-refractivity contribution in [1.29, 1.82) is 0 Å². The van der Waals surface area contributed by atoms with Gasteiger partial charge in [-0.05, 0) is 42.7 Å². The van der Waals surface area contributed by atoms with Crippen LogP contribution in [0.25, 0.3) is 5.69 Å². The first kappa shape index (κ1) is 21.7. The van der Waals surface area contributed by atoms with E-state index in [-0.39, 0.29) is 11.8 Å². The van der Waals surface area contributed by atoms with Crippen molar-refractivity contribution >= 4 is 46.8 Å². The second kappa shape index (κ2) is 9.34.